The van der Waals surface area contributed by atoms with Crippen molar-refractivity contribution < 1.29 is 18.7 Å². The molecule has 3 N–H and O–H groups in total. The van der Waals surface area contributed by atoms with Crippen molar-refractivity contribution in [2.75, 3.05) is 0 Å². The van der Waals surface area contributed by atoms with Crippen molar-refractivity contribution in [2.24, 2.45) is 5.73 Å². The number of rotatable bonds is 8. The van der Waals surface area contributed by atoms with Crippen LogP contribution in [0.3, 0.4) is 0 Å². The van der Waals surface area contributed by atoms with Crippen LogP contribution in [-0.2, 0) is 17.8 Å². The van der Waals surface area contributed by atoms with Gasteiger partial charge in [-0.15, -0.1) is 0 Å². The first kappa shape index (κ1) is 20.1. The van der Waals surface area contributed by atoms with Gasteiger partial charge in [0.25, 0.3) is 5.91 Å². The molecule has 0 radical (unpaired) electrons. The molecule has 0 saturated heterocycles. The van der Waals surface area contributed by atoms with E-state index in [9.17, 15) is 14.0 Å². The van der Waals surface area contributed by atoms with Crippen LogP contribution in [0.2, 0.25) is 0 Å². The fourth-order valence-corrected chi connectivity index (χ4v) is 2.79. The van der Waals surface area contributed by atoms with Crippen LogP contribution in [0.1, 0.15) is 21.5 Å². The van der Waals surface area contributed by atoms with E-state index in [1.165, 1.54) is 12.1 Å². The quantitative estimate of drug-likeness (QED) is 0.618. The minimum atomic E-state index is -0.825. The summed E-state index contributed by atoms with van der Waals surface area (Å²) >= 11 is 0. The molecule has 3 aromatic rings. The predicted octanol–water partition coefficient (Wildman–Crippen LogP) is 3.23. The zero-order chi connectivity index (χ0) is 20.6. The Morgan fingerprint density at radius 2 is 1.66 bits per heavy atom. The van der Waals surface area contributed by atoms with Gasteiger partial charge in [-0.3, -0.25) is 9.59 Å². The lowest BCUT2D eigenvalue weighted by molar-refractivity contribution is -0.119. The third kappa shape index (κ3) is 5.90. The Kier molecular flexibility index (Phi) is 6.58. The van der Waals surface area contributed by atoms with Gasteiger partial charge >= 0.3 is 0 Å². The largest absolute Gasteiger partial charge is 0.489 e. The van der Waals surface area contributed by atoms with Gasteiger partial charge in [0, 0.05) is 12.0 Å². The highest BCUT2D eigenvalue weighted by molar-refractivity contribution is 5.97. The average molecular weight is 392 g/mol. The van der Waals surface area contributed by atoms with Crippen molar-refractivity contribution in [1.29, 1.82) is 0 Å². The lowest BCUT2D eigenvalue weighted by atomic mass is 10.0. The Balaban J connectivity index is 1.64. The van der Waals surface area contributed by atoms with Gasteiger partial charge in [0.2, 0.25) is 5.91 Å². The first-order chi connectivity index (χ1) is 14.0. The molecule has 0 heterocycles. The first-order valence-corrected chi connectivity index (χ1v) is 9.12. The average Bonchev–Trinajstić information content (AvgIpc) is 2.73. The van der Waals surface area contributed by atoms with Crippen molar-refractivity contribution in [1.82, 2.24) is 5.32 Å². The van der Waals surface area contributed by atoms with Crippen LogP contribution in [0.4, 0.5) is 4.39 Å². The van der Waals surface area contributed by atoms with E-state index in [2.05, 4.69) is 5.32 Å². The summed E-state index contributed by atoms with van der Waals surface area (Å²) in [5.41, 5.74) is 7.51. The third-order valence-electron chi connectivity index (χ3n) is 4.35. The van der Waals surface area contributed by atoms with Gasteiger partial charge in [0.15, 0.2) is 0 Å². The van der Waals surface area contributed by atoms with Crippen LogP contribution in [-0.4, -0.2) is 17.9 Å². The zero-order valence-electron chi connectivity index (χ0n) is 15.7. The smallest absolute Gasteiger partial charge is 0.252 e. The number of nitrogens with two attached hydrogens (primary N) is 1. The van der Waals surface area contributed by atoms with Crippen LogP contribution in [0.5, 0.6) is 5.75 Å². The summed E-state index contributed by atoms with van der Waals surface area (Å²) in [7, 11) is 0. The number of primary amides is 1. The summed E-state index contributed by atoms with van der Waals surface area (Å²) in [5, 5.41) is 2.68. The summed E-state index contributed by atoms with van der Waals surface area (Å²) in [4.78, 5) is 24.4. The van der Waals surface area contributed by atoms with Gasteiger partial charge in [-0.2, -0.15) is 0 Å². The number of halogens is 1. The summed E-state index contributed by atoms with van der Waals surface area (Å²) in [6, 6.07) is 21.1. The van der Waals surface area contributed by atoms with E-state index in [0.29, 0.717) is 17.7 Å². The molecule has 6 heteroatoms. The SMILES string of the molecule is NC(=O)C(Cc1ccccc1)NC(=O)c1cccc(OCc2ccc(F)cc2)c1. The minimum Gasteiger partial charge on any atom is -0.489 e. The molecule has 5 nitrogen and oxygen atoms in total. The highest BCUT2D eigenvalue weighted by Gasteiger charge is 2.19. The van der Waals surface area contributed by atoms with Crippen molar-refractivity contribution in [3.8, 4) is 5.75 Å². The van der Waals surface area contributed by atoms with Gasteiger partial charge in [0.1, 0.15) is 24.2 Å². The van der Waals surface area contributed by atoms with E-state index in [4.69, 9.17) is 10.5 Å². The molecule has 1 atom stereocenters. The molecular formula is C23H21FN2O3. The van der Waals surface area contributed by atoms with Gasteiger partial charge in [-0.05, 0) is 41.5 Å². The van der Waals surface area contributed by atoms with Crippen molar-refractivity contribution in [2.45, 2.75) is 19.1 Å². The maximum Gasteiger partial charge on any atom is 0.252 e. The molecule has 3 rings (SSSR count). The van der Waals surface area contributed by atoms with E-state index in [0.717, 1.165) is 11.1 Å². The van der Waals surface area contributed by atoms with Gasteiger partial charge in [-0.1, -0.05) is 48.5 Å². The highest BCUT2D eigenvalue weighted by atomic mass is 19.1. The van der Waals surface area contributed by atoms with E-state index in [1.54, 1.807) is 36.4 Å². The van der Waals surface area contributed by atoms with Gasteiger partial charge in [0.05, 0.1) is 0 Å². The van der Waals surface area contributed by atoms with E-state index < -0.39 is 17.9 Å². The fraction of sp³-hybridized carbons (Fsp3) is 0.130. The number of carbonyl (C=O) groups is 2. The number of nitrogens with one attached hydrogen (secondary N) is 1. The Bertz CT molecular complexity index is 975. The highest BCUT2D eigenvalue weighted by Crippen LogP contribution is 2.16. The van der Waals surface area contributed by atoms with Crippen LogP contribution in [0.15, 0.2) is 78.9 Å². The van der Waals surface area contributed by atoms with Crippen molar-refractivity contribution in [3.05, 3.63) is 101 Å². The molecule has 0 saturated carbocycles. The molecule has 0 aromatic heterocycles. The van der Waals surface area contributed by atoms with Gasteiger partial charge in [-0.25, -0.2) is 4.39 Å². The monoisotopic (exact) mass is 392 g/mol. The summed E-state index contributed by atoms with van der Waals surface area (Å²) in [6.07, 6.45) is 0.308. The molecule has 1 unspecified atom stereocenters. The number of amides is 2. The predicted molar refractivity (Wildman–Crippen MR) is 108 cm³/mol. The Hall–Kier alpha value is -3.67. The van der Waals surface area contributed by atoms with E-state index >= 15 is 0 Å². The second-order valence-corrected chi connectivity index (χ2v) is 6.56. The van der Waals surface area contributed by atoms with E-state index in [1.807, 2.05) is 30.3 Å². The van der Waals surface area contributed by atoms with E-state index in [-0.39, 0.29) is 12.4 Å². The Labute approximate surface area is 168 Å². The normalized spacial score (nSPS) is 11.5. The Morgan fingerprint density at radius 1 is 0.931 bits per heavy atom. The Morgan fingerprint density at radius 3 is 2.34 bits per heavy atom. The fourth-order valence-electron chi connectivity index (χ4n) is 2.79. The van der Waals surface area contributed by atoms with Crippen LogP contribution < -0.4 is 15.8 Å². The molecule has 0 spiro atoms. The molecule has 0 aliphatic rings. The minimum absolute atomic E-state index is 0.239. The zero-order valence-corrected chi connectivity index (χ0v) is 15.7. The number of hydrogen-bond donors (Lipinski definition) is 2. The summed E-state index contributed by atoms with van der Waals surface area (Å²) in [5.74, 6) is -0.851. The third-order valence-corrected chi connectivity index (χ3v) is 4.35. The number of benzene rings is 3. The number of ether oxygens (including phenoxy) is 1. The summed E-state index contributed by atoms with van der Waals surface area (Å²) in [6.45, 7) is 0.239. The standard InChI is InChI=1S/C23H21FN2O3/c24-19-11-9-17(10-12-19)15-29-20-8-4-7-18(14-20)23(28)26-21(22(25)27)13-16-5-2-1-3-6-16/h1-12,14,21H,13,15H2,(H2,25,27)(H,26,28). The molecule has 0 aliphatic carbocycles. The molecule has 29 heavy (non-hydrogen) atoms. The molecule has 0 fully saturated rings. The molecule has 0 aliphatic heterocycles. The number of carbonyl (C=O) groups excluding carboxylic acids is 2. The number of hydrogen-bond acceptors (Lipinski definition) is 3. The topological polar surface area (TPSA) is 81.4 Å². The maximum absolute atomic E-state index is 13.0. The molecule has 148 valence electrons. The van der Waals surface area contributed by atoms with Crippen LogP contribution in [0, 0.1) is 5.82 Å². The lowest BCUT2D eigenvalue weighted by Crippen LogP contribution is -2.45. The van der Waals surface area contributed by atoms with Crippen molar-refractivity contribution in [3.63, 3.8) is 0 Å². The van der Waals surface area contributed by atoms with Gasteiger partial charge < -0.3 is 15.8 Å². The molecular weight excluding hydrogens is 371 g/mol. The maximum atomic E-state index is 13.0. The molecule has 2 amide bonds. The van der Waals surface area contributed by atoms with Crippen LogP contribution in [0.25, 0.3) is 0 Å². The first-order valence-electron chi connectivity index (χ1n) is 9.12. The summed E-state index contributed by atoms with van der Waals surface area (Å²) < 4.78 is 18.6. The van der Waals surface area contributed by atoms with Crippen LogP contribution >= 0.6 is 0 Å². The molecule has 3 aromatic carbocycles. The molecule has 0 bridgehead atoms. The lowest BCUT2D eigenvalue weighted by Gasteiger charge is -2.16. The van der Waals surface area contributed by atoms with Crippen molar-refractivity contribution >= 4 is 11.8 Å². The second kappa shape index (κ2) is 9.50. The second-order valence-electron chi connectivity index (χ2n) is 6.56.